The van der Waals surface area contributed by atoms with E-state index in [1.54, 1.807) is 36.4 Å². The van der Waals surface area contributed by atoms with Crippen molar-refractivity contribution < 1.29 is 35.9 Å². The molecule has 4 aromatic rings. The van der Waals surface area contributed by atoms with Gasteiger partial charge in [0.25, 0.3) is 0 Å². The summed E-state index contributed by atoms with van der Waals surface area (Å²) in [6.45, 7) is 0. The van der Waals surface area contributed by atoms with Gasteiger partial charge >= 0.3 is 11.9 Å². The molecule has 0 unspecified atom stereocenters. The van der Waals surface area contributed by atoms with E-state index >= 15 is 0 Å². The fourth-order valence-corrected chi connectivity index (χ4v) is 12.5. The maximum Gasteiger partial charge on any atom is 0.324 e. The SMILES string of the molecule is COC(=O)[C@@H]1C[C@]2([C@]34C[C@@H](C(=O)OC)N(S(=O)(=O)c5ccccc5)[C@H]3Nc3ccccc34)c3ccccc3N[C@@H]2N1S(=O)(=O)c1ccccc1. The minimum atomic E-state index is -4.39. The van der Waals surface area contributed by atoms with Crippen LogP contribution in [0.15, 0.2) is 119 Å². The summed E-state index contributed by atoms with van der Waals surface area (Å²) in [4.78, 5) is 27.6. The van der Waals surface area contributed by atoms with E-state index in [9.17, 15) is 26.4 Å². The molecule has 2 N–H and O–H groups in total. The molecule has 2 saturated heterocycles. The number of fused-ring (bicyclic) bond motifs is 7. The lowest BCUT2D eigenvalue weighted by Crippen LogP contribution is -2.61. The Bertz CT molecular complexity index is 2080. The first kappa shape index (κ1) is 32.4. The highest BCUT2D eigenvalue weighted by Gasteiger charge is 2.78. The van der Waals surface area contributed by atoms with Gasteiger partial charge in [-0.1, -0.05) is 72.8 Å². The van der Waals surface area contributed by atoms with Gasteiger partial charge in [0.15, 0.2) is 0 Å². The van der Waals surface area contributed by atoms with Crippen LogP contribution in [0.1, 0.15) is 24.0 Å². The molecule has 4 heterocycles. The Balaban J connectivity index is 1.45. The highest BCUT2D eigenvalue weighted by atomic mass is 32.2. The van der Waals surface area contributed by atoms with Gasteiger partial charge in [0.05, 0.1) is 24.0 Å². The zero-order valence-corrected chi connectivity index (χ0v) is 28.7. The molecule has 0 bridgehead atoms. The quantitative estimate of drug-likeness (QED) is 0.272. The third-order valence-electron chi connectivity index (χ3n) is 10.9. The molecule has 0 aliphatic carbocycles. The zero-order valence-electron chi connectivity index (χ0n) is 27.1. The Morgan fingerprint density at radius 2 is 0.920 bits per heavy atom. The first-order chi connectivity index (χ1) is 24.0. The first-order valence-electron chi connectivity index (χ1n) is 16.1. The van der Waals surface area contributed by atoms with Gasteiger partial charge in [-0.15, -0.1) is 0 Å². The number of rotatable bonds is 7. The predicted octanol–water partition coefficient (Wildman–Crippen LogP) is 3.64. The molecule has 8 rings (SSSR count). The van der Waals surface area contributed by atoms with E-state index in [2.05, 4.69) is 10.6 Å². The molecule has 0 amide bonds. The summed E-state index contributed by atoms with van der Waals surface area (Å²) in [7, 11) is -6.35. The van der Waals surface area contributed by atoms with Gasteiger partial charge < -0.3 is 20.1 Å². The second-order valence-corrected chi connectivity index (χ2v) is 16.6. The molecule has 258 valence electrons. The molecular formula is C36H34N4O8S2. The molecule has 0 aromatic heterocycles. The van der Waals surface area contributed by atoms with Gasteiger partial charge in [-0.25, -0.2) is 16.8 Å². The Kier molecular flexibility index (Phi) is 7.39. The van der Waals surface area contributed by atoms with Crippen LogP contribution in [-0.2, 0) is 49.9 Å². The average molecular weight is 715 g/mol. The lowest BCUT2D eigenvalue weighted by molar-refractivity contribution is -0.145. The number of carbonyl (C=O) groups is 2. The summed E-state index contributed by atoms with van der Waals surface area (Å²) in [5, 5.41) is 6.92. The van der Waals surface area contributed by atoms with Crippen LogP contribution in [0.5, 0.6) is 0 Å². The van der Waals surface area contributed by atoms with Gasteiger partial charge in [0.1, 0.15) is 24.4 Å². The number of para-hydroxylation sites is 2. The van der Waals surface area contributed by atoms with Gasteiger partial charge in [-0.2, -0.15) is 8.61 Å². The second kappa shape index (κ2) is 11.4. The normalized spacial score (nSPS) is 28.4. The van der Waals surface area contributed by atoms with Crippen LogP contribution in [0.25, 0.3) is 0 Å². The molecule has 4 aliphatic heterocycles. The fourth-order valence-electron chi connectivity index (χ4n) is 9.01. The van der Waals surface area contributed by atoms with Gasteiger partial charge in [-0.05, 0) is 60.4 Å². The van der Waals surface area contributed by atoms with Crippen LogP contribution >= 0.6 is 0 Å². The fraction of sp³-hybridized carbons (Fsp3) is 0.278. The summed E-state index contributed by atoms with van der Waals surface area (Å²) in [6.07, 6.45) is -2.38. The molecule has 14 heteroatoms. The number of hydrogen-bond acceptors (Lipinski definition) is 10. The van der Waals surface area contributed by atoms with Gasteiger partial charge in [0, 0.05) is 22.2 Å². The smallest absolute Gasteiger partial charge is 0.324 e. The van der Waals surface area contributed by atoms with E-state index in [4.69, 9.17) is 9.47 Å². The van der Waals surface area contributed by atoms with E-state index in [-0.39, 0.29) is 22.6 Å². The number of esters is 2. The third kappa shape index (κ3) is 4.16. The van der Waals surface area contributed by atoms with Crippen LogP contribution in [-0.4, -0.2) is 76.0 Å². The van der Waals surface area contributed by atoms with Gasteiger partial charge in [-0.3, -0.25) is 9.59 Å². The molecule has 4 aromatic carbocycles. The summed E-state index contributed by atoms with van der Waals surface area (Å²) in [5.74, 6) is -1.53. The number of carbonyl (C=O) groups excluding carboxylic acids is 2. The lowest BCUT2D eigenvalue weighted by Gasteiger charge is -2.48. The third-order valence-corrected chi connectivity index (χ3v) is 14.6. The predicted molar refractivity (Wildman–Crippen MR) is 183 cm³/mol. The summed E-state index contributed by atoms with van der Waals surface area (Å²) >= 11 is 0. The van der Waals surface area contributed by atoms with Crippen molar-refractivity contribution >= 4 is 43.4 Å². The van der Waals surface area contributed by atoms with Crippen molar-refractivity contribution in [2.45, 2.75) is 57.9 Å². The minimum Gasteiger partial charge on any atom is -0.468 e. The van der Waals surface area contributed by atoms with Crippen molar-refractivity contribution in [2.24, 2.45) is 0 Å². The Labute approximate surface area is 290 Å². The highest BCUT2D eigenvalue weighted by molar-refractivity contribution is 7.89. The number of anilines is 2. The molecule has 0 spiro atoms. The van der Waals surface area contributed by atoms with Crippen molar-refractivity contribution in [1.29, 1.82) is 0 Å². The number of nitrogens with one attached hydrogen (secondary N) is 2. The Hall–Kier alpha value is -4.76. The monoisotopic (exact) mass is 714 g/mol. The van der Waals surface area contributed by atoms with E-state index in [0.717, 1.165) is 0 Å². The van der Waals surface area contributed by atoms with Crippen molar-refractivity contribution in [3.63, 3.8) is 0 Å². The summed E-state index contributed by atoms with van der Waals surface area (Å²) in [6, 6.07) is 27.8. The van der Waals surface area contributed by atoms with E-state index in [1.165, 1.54) is 47.1 Å². The van der Waals surface area contributed by atoms with E-state index in [0.29, 0.717) is 22.5 Å². The minimum absolute atomic E-state index is 0.0198. The largest absolute Gasteiger partial charge is 0.468 e. The van der Waals surface area contributed by atoms with Crippen LogP contribution in [0, 0.1) is 0 Å². The van der Waals surface area contributed by atoms with Crippen LogP contribution in [0.2, 0.25) is 0 Å². The molecule has 4 aliphatic rings. The van der Waals surface area contributed by atoms with Crippen molar-refractivity contribution in [3.8, 4) is 0 Å². The maximum absolute atomic E-state index is 14.8. The van der Waals surface area contributed by atoms with Crippen molar-refractivity contribution in [2.75, 3.05) is 24.9 Å². The zero-order chi connectivity index (χ0) is 35.1. The second-order valence-electron chi connectivity index (χ2n) is 12.9. The standard InChI is InChI=1S/C36H34N4O8S2/c1-47-31(41)29-21-35(25-17-9-11-19-27(25)37-33(35)39(29)49(43,44)23-13-5-3-6-14-23)36-22-30(32(42)48-2)40(50(45,46)24-15-7-4-8-16-24)34(36)38-28-20-12-10-18-26(28)36/h3-20,29-30,33-34,37-38H,21-22H2,1-2H3/t29-,30-,33+,34+,35-,36-/m0/s1. The highest BCUT2D eigenvalue weighted by Crippen LogP contribution is 2.69. The van der Waals surface area contributed by atoms with Crippen molar-refractivity contribution in [3.05, 3.63) is 120 Å². The molecule has 50 heavy (non-hydrogen) atoms. The Morgan fingerprint density at radius 3 is 1.28 bits per heavy atom. The van der Waals surface area contributed by atoms with Gasteiger partial charge in [0.2, 0.25) is 20.0 Å². The molecule has 0 radical (unpaired) electrons. The number of methoxy groups -OCH3 is 2. The first-order valence-corrected chi connectivity index (χ1v) is 19.0. The van der Waals surface area contributed by atoms with E-state index < -0.39 is 67.2 Å². The Morgan fingerprint density at radius 1 is 0.580 bits per heavy atom. The topological polar surface area (TPSA) is 151 Å². The summed E-state index contributed by atoms with van der Waals surface area (Å²) in [5.41, 5.74) is -0.0218. The number of sulfonamides is 2. The van der Waals surface area contributed by atoms with Crippen LogP contribution in [0.3, 0.4) is 0 Å². The molecular weight excluding hydrogens is 681 g/mol. The lowest BCUT2D eigenvalue weighted by atomic mass is 9.54. The number of benzene rings is 4. The number of nitrogens with zero attached hydrogens (tertiary/aromatic N) is 2. The average Bonchev–Trinajstić information content (AvgIpc) is 3.86. The molecule has 12 nitrogen and oxygen atoms in total. The molecule has 2 fully saturated rings. The summed E-state index contributed by atoms with van der Waals surface area (Å²) < 4.78 is 72.0. The number of hydrogen-bond donors (Lipinski definition) is 2. The maximum atomic E-state index is 14.8. The molecule has 0 saturated carbocycles. The van der Waals surface area contributed by atoms with Crippen molar-refractivity contribution in [1.82, 2.24) is 8.61 Å². The van der Waals surface area contributed by atoms with E-state index in [1.807, 2.05) is 48.5 Å². The van der Waals surface area contributed by atoms with Crippen LogP contribution < -0.4 is 10.6 Å². The molecule has 6 atom stereocenters. The van der Waals surface area contributed by atoms with Crippen LogP contribution in [0.4, 0.5) is 11.4 Å². The number of ether oxygens (including phenoxy) is 2.